The van der Waals surface area contributed by atoms with Crippen LogP contribution >= 0.6 is 0 Å². The van der Waals surface area contributed by atoms with E-state index in [1.165, 1.54) is 4.81 Å². The van der Waals surface area contributed by atoms with E-state index in [1.54, 1.807) is 0 Å². The normalized spacial score (nSPS) is 46.2. The molecule has 0 amide bonds. The van der Waals surface area contributed by atoms with Gasteiger partial charge in [0.05, 0.1) is 25.3 Å². The van der Waals surface area contributed by atoms with Crippen LogP contribution in [0, 0.1) is 0 Å². The summed E-state index contributed by atoms with van der Waals surface area (Å²) < 4.78 is 11.0. The molecule has 2 fully saturated rings. The van der Waals surface area contributed by atoms with Crippen molar-refractivity contribution in [1.82, 2.24) is 0 Å². The third-order valence-corrected chi connectivity index (χ3v) is 2.14. The van der Waals surface area contributed by atoms with Gasteiger partial charge in [0.25, 0.3) is 0 Å². The molecule has 0 aromatic carbocycles. The minimum atomic E-state index is 0.0463. The summed E-state index contributed by atoms with van der Waals surface area (Å²) in [7, 11) is 0.0463. The van der Waals surface area contributed by atoms with E-state index in [0.717, 1.165) is 13.1 Å². The van der Waals surface area contributed by atoms with E-state index in [2.05, 4.69) is 13.8 Å². The Kier molecular flexibility index (Phi) is 1.48. The van der Waals surface area contributed by atoms with Gasteiger partial charge in [0.15, 0.2) is 0 Å². The molecule has 0 radical (unpaired) electrons. The van der Waals surface area contributed by atoms with Gasteiger partial charge in [-0.25, -0.2) is 0 Å². The third kappa shape index (κ3) is 0.963. The fourth-order valence-electron chi connectivity index (χ4n) is 1.76. The van der Waals surface area contributed by atoms with Gasteiger partial charge >= 0.3 is 7.25 Å². The van der Waals surface area contributed by atoms with Crippen LogP contribution in [0.2, 0.25) is 0 Å². The second kappa shape index (κ2) is 2.22. The van der Waals surface area contributed by atoms with Crippen molar-refractivity contribution in [3.8, 4) is 0 Å². The lowest BCUT2D eigenvalue weighted by molar-refractivity contribution is -0.779. The number of rotatable bonds is 0. The average molecular weight is 142 g/mol. The molecule has 2 atom stereocenters. The van der Waals surface area contributed by atoms with Crippen molar-refractivity contribution in [2.24, 2.45) is 0 Å². The Hall–Kier alpha value is -0.0551. The zero-order chi connectivity index (χ0) is 7.14. The van der Waals surface area contributed by atoms with E-state index in [4.69, 9.17) is 9.31 Å². The number of hydrogen-bond acceptors (Lipinski definition) is 2. The predicted octanol–water partition coefficient (Wildman–Crippen LogP) is -1.31. The highest BCUT2D eigenvalue weighted by Crippen LogP contribution is 2.04. The molecule has 2 heterocycles. The molecule has 2 aliphatic heterocycles. The molecule has 0 bridgehead atoms. The van der Waals surface area contributed by atoms with Crippen LogP contribution in [0.25, 0.3) is 0 Å². The molecule has 0 spiro atoms. The zero-order valence-electron chi connectivity index (χ0n) is 6.46. The largest absolute Gasteiger partial charge is 0.759 e. The summed E-state index contributed by atoms with van der Waals surface area (Å²) in [5, 5.41) is 0. The van der Waals surface area contributed by atoms with Crippen molar-refractivity contribution in [3.05, 3.63) is 0 Å². The minimum Gasteiger partial charge on any atom is -0.346 e. The van der Waals surface area contributed by atoms with Gasteiger partial charge in [-0.05, 0) is 13.8 Å². The molecule has 56 valence electrons. The van der Waals surface area contributed by atoms with E-state index in [-0.39, 0.29) is 7.25 Å². The van der Waals surface area contributed by atoms with E-state index in [1.807, 2.05) is 0 Å². The summed E-state index contributed by atoms with van der Waals surface area (Å²) >= 11 is 0. The molecule has 0 aromatic rings. The lowest BCUT2D eigenvalue weighted by Crippen LogP contribution is -3.14. The Bertz CT molecular complexity index is 116. The number of nitrogens with one attached hydrogen (secondary N) is 1. The predicted molar refractivity (Wildman–Crippen MR) is 37.5 cm³/mol. The fraction of sp³-hybridized carbons (Fsp3) is 1.00. The van der Waals surface area contributed by atoms with Crippen molar-refractivity contribution < 1.29 is 14.1 Å². The van der Waals surface area contributed by atoms with Crippen LogP contribution in [0.4, 0.5) is 0 Å². The van der Waals surface area contributed by atoms with Crippen LogP contribution in [0.1, 0.15) is 13.8 Å². The highest BCUT2D eigenvalue weighted by Gasteiger charge is 2.52. The first-order valence-corrected chi connectivity index (χ1v) is 3.91. The Balaban J connectivity index is 2.00. The Morgan fingerprint density at radius 1 is 1.20 bits per heavy atom. The lowest BCUT2D eigenvalue weighted by Gasteiger charge is -2.04. The maximum atomic E-state index is 5.50. The topological polar surface area (TPSA) is 22.9 Å². The Labute approximate surface area is 61.5 Å². The molecule has 0 aromatic heterocycles. The molecular weight excluding hydrogens is 129 g/mol. The summed E-state index contributed by atoms with van der Waals surface area (Å²) in [6, 6.07) is 0. The fourth-order valence-corrected chi connectivity index (χ4v) is 1.76. The average Bonchev–Trinajstić information content (AvgIpc) is 2.21. The van der Waals surface area contributed by atoms with Gasteiger partial charge in [-0.3, -0.25) is 0 Å². The third-order valence-electron chi connectivity index (χ3n) is 2.14. The zero-order valence-corrected chi connectivity index (χ0v) is 6.46. The molecule has 2 saturated heterocycles. The Morgan fingerprint density at radius 2 is 1.70 bits per heavy atom. The van der Waals surface area contributed by atoms with E-state index < -0.39 is 0 Å². The SMILES string of the molecule is CC1C[NH+]2CC(C)OB2O1. The minimum absolute atomic E-state index is 0.0463. The van der Waals surface area contributed by atoms with Crippen LogP contribution < -0.4 is 4.81 Å². The number of fused-ring (bicyclic) bond motifs is 1. The van der Waals surface area contributed by atoms with Gasteiger partial charge in [0.1, 0.15) is 0 Å². The number of hydrogen-bond donors (Lipinski definition) is 1. The van der Waals surface area contributed by atoms with Crippen molar-refractivity contribution >= 4 is 7.25 Å². The van der Waals surface area contributed by atoms with Crippen molar-refractivity contribution in [3.63, 3.8) is 0 Å². The van der Waals surface area contributed by atoms with Gasteiger partial charge in [0.2, 0.25) is 0 Å². The summed E-state index contributed by atoms with van der Waals surface area (Å²) in [6.45, 7) is 6.41. The molecule has 0 saturated carbocycles. The van der Waals surface area contributed by atoms with Crippen LogP contribution in [0.15, 0.2) is 0 Å². The molecule has 2 aliphatic rings. The summed E-state index contributed by atoms with van der Waals surface area (Å²) in [5.74, 6) is 0. The van der Waals surface area contributed by atoms with Gasteiger partial charge in [-0.2, -0.15) is 0 Å². The highest BCUT2D eigenvalue weighted by molar-refractivity contribution is 6.35. The molecule has 0 aliphatic carbocycles. The van der Waals surface area contributed by atoms with Crippen molar-refractivity contribution in [1.29, 1.82) is 0 Å². The number of quaternary nitrogens is 1. The summed E-state index contributed by atoms with van der Waals surface area (Å²) in [4.78, 5) is 1.46. The first-order valence-electron chi connectivity index (χ1n) is 3.91. The summed E-state index contributed by atoms with van der Waals surface area (Å²) in [5.41, 5.74) is 0. The standard InChI is InChI=1S/C6H12BNO2/c1-5-3-8-4-6(2)10-7(8)9-5/h5-6H,3-4H2,1-2H3/p+1. The first kappa shape index (κ1) is 6.64. The van der Waals surface area contributed by atoms with Crippen LogP contribution in [0.5, 0.6) is 0 Å². The summed E-state index contributed by atoms with van der Waals surface area (Å²) in [6.07, 6.45) is 0.764. The van der Waals surface area contributed by atoms with Crippen molar-refractivity contribution in [2.45, 2.75) is 26.1 Å². The highest BCUT2D eigenvalue weighted by atomic mass is 16.6. The van der Waals surface area contributed by atoms with Crippen LogP contribution in [0.3, 0.4) is 0 Å². The van der Waals surface area contributed by atoms with Crippen LogP contribution in [-0.4, -0.2) is 32.6 Å². The molecule has 2 unspecified atom stereocenters. The second-order valence-corrected chi connectivity index (χ2v) is 3.29. The smallest absolute Gasteiger partial charge is 0.346 e. The van der Waals surface area contributed by atoms with Gasteiger partial charge in [-0.1, -0.05) is 0 Å². The van der Waals surface area contributed by atoms with Crippen molar-refractivity contribution in [2.75, 3.05) is 13.1 Å². The monoisotopic (exact) mass is 142 g/mol. The molecule has 10 heavy (non-hydrogen) atoms. The quantitative estimate of drug-likeness (QED) is 0.424. The molecule has 1 N–H and O–H groups in total. The van der Waals surface area contributed by atoms with Gasteiger partial charge in [0, 0.05) is 0 Å². The Morgan fingerprint density at radius 3 is 2.10 bits per heavy atom. The second-order valence-electron chi connectivity index (χ2n) is 3.29. The first-order chi connectivity index (χ1) is 4.75. The molecule has 4 heteroatoms. The molecule has 3 nitrogen and oxygen atoms in total. The maximum Gasteiger partial charge on any atom is 0.759 e. The van der Waals surface area contributed by atoms with E-state index in [0.29, 0.717) is 12.2 Å². The van der Waals surface area contributed by atoms with E-state index in [9.17, 15) is 0 Å². The van der Waals surface area contributed by atoms with Gasteiger partial charge in [-0.15, -0.1) is 0 Å². The van der Waals surface area contributed by atoms with E-state index >= 15 is 0 Å². The lowest BCUT2D eigenvalue weighted by atomic mass is 10.1. The van der Waals surface area contributed by atoms with Crippen LogP contribution in [-0.2, 0) is 9.31 Å². The van der Waals surface area contributed by atoms with Gasteiger partial charge < -0.3 is 14.1 Å². The molecular formula is C6H13BNO2+. The molecule has 2 rings (SSSR count). The maximum absolute atomic E-state index is 5.50.